The van der Waals surface area contributed by atoms with Gasteiger partial charge in [0.15, 0.2) is 0 Å². The third-order valence-electron chi connectivity index (χ3n) is 2.66. The molecule has 1 aromatic rings. The highest BCUT2D eigenvalue weighted by molar-refractivity contribution is 6.33. The lowest BCUT2D eigenvalue weighted by Gasteiger charge is -2.13. The molecule has 0 aliphatic heterocycles. The first-order valence-corrected chi connectivity index (χ1v) is 5.61. The minimum Gasteiger partial charge on any atom is -0.395 e. The third-order valence-corrected chi connectivity index (χ3v) is 2.98. The quantitative estimate of drug-likeness (QED) is 0.742. The van der Waals surface area contributed by atoms with E-state index in [-0.39, 0.29) is 23.1 Å². The van der Waals surface area contributed by atoms with E-state index >= 15 is 0 Å². The van der Waals surface area contributed by atoms with Crippen molar-refractivity contribution in [2.24, 2.45) is 0 Å². The van der Waals surface area contributed by atoms with Gasteiger partial charge in [0.05, 0.1) is 16.8 Å². The van der Waals surface area contributed by atoms with Gasteiger partial charge in [-0.1, -0.05) is 11.6 Å². The Bertz CT molecular complexity index is 376. The third kappa shape index (κ3) is 3.71. The minimum absolute atomic E-state index is 0. The van der Waals surface area contributed by atoms with Crippen molar-refractivity contribution >= 4 is 29.7 Å². The number of halogens is 3. The predicted octanol–water partition coefficient (Wildman–Crippen LogP) is 2.27. The van der Waals surface area contributed by atoms with Crippen LogP contribution in [0.4, 0.5) is 10.1 Å². The lowest BCUT2D eigenvalue weighted by atomic mass is 10.1. The molecular formula is C11H15Cl2FN2O. The standard InChI is InChI=1S/C11H14ClFN2O.ClH/c12-8-3-6(4-9(13)11(8)14)10(16)5-15-7-1-2-7;/h3-4,7,10,15-16H,1-2,5,14H2;1H. The summed E-state index contributed by atoms with van der Waals surface area (Å²) in [6.45, 7) is 0.407. The number of nitrogens with two attached hydrogens (primary N) is 1. The van der Waals surface area contributed by atoms with Crippen molar-refractivity contribution in [3.8, 4) is 0 Å². The maximum Gasteiger partial charge on any atom is 0.147 e. The van der Waals surface area contributed by atoms with Crippen molar-refractivity contribution in [1.29, 1.82) is 0 Å². The molecule has 1 fully saturated rings. The van der Waals surface area contributed by atoms with Crippen LogP contribution in [-0.4, -0.2) is 17.7 Å². The number of nitrogen functional groups attached to an aromatic ring is 1. The second kappa shape index (κ2) is 5.87. The van der Waals surface area contributed by atoms with Gasteiger partial charge in [0.25, 0.3) is 0 Å². The second-order valence-electron chi connectivity index (χ2n) is 4.10. The Morgan fingerprint density at radius 1 is 1.53 bits per heavy atom. The number of anilines is 1. The molecule has 1 aromatic carbocycles. The Morgan fingerprint density at radius 3 is 2.71 bits per heavy atom. The number of nitrogens with one attached hydrogen (secondary N) is 1. The van der Waals surface area contributed by atoms with E-state index in [1.807, 2.05) is 0 Å². The van der Waals surface area contributed by atoms with E-state index in [4.69, 9.17) is 17.3 Å². The molecule has 0 aromatic heterocycles. The summed E-state index contributed by atoms with van der Waals surface area (Å²) in [7, 11) is 0. The van der Waals surface area contributed by atoms with Crippen molar-refractivity contribution < 1.29 is 9.50 Å². The van der Waals surface area contributed by atoms with Crippen LogP contribution in [-0.2, 0) is 0 Å². The first-order chi connectivity index (χ1) is 7.58. The highest BCUT2D eigenvalue weighted by Crippen LogP contribution is 2.27. The molecule has 0 spiro atoms. The topological polar surface area (TPSA) is 58.3 Å². The van der Waals surface area contributed by atoms with E-state index < -0.39 is 11.9 Å². The fraction of sp³-hybridized carbons (Fsp3) is 0.455. The summed E-state index contributed by atoms with van der Waals surface area (Å²) in [4.78, 5) is 0. The van der Waals surface area contributed by atoms with Gasteiger partial charge in [-0.25, -0.2) is 4.39 Å². The average molecular weight is 281 g/mol. The number of rotatable bonds is 4. The van der Waals surface area contributed by atoms with Crippen LogP contribution >= 0.6 is 24.0 Å². The zero-order chi connectivity index (χ0) is 11.7. The number of benzene rings is 1. The maximum atomic E-state index is 13.3. The summed E-state index contributed by atoms with van der Waals surface area (Å²) in [5.74, 6) is -0.590. The van der Waals surface area contributed by atoms with Crippen LogP contribution in [0.3, 0.4) is 0 Å². The van der Waals surface area contributed by atoms with Gasteiger partial charge in [0, 0.05) is 12.6 Å². The van der Waals surface area contributed by atoms with Crippen molar-refractivity contribution in [3.05, 3.63) is 28.5 Å². The molecule has 4 N–H and O–H groups in total. The molecule has 0 bridgehead atoms. The molecule has 17 heavy (non-hydrogen) atoms. The summed E-state index contributed by atoms with van der Waals surface area (Å²) >= 11 is 5.74. The fourth-order valence-corrected chi connectivity index (χ4v) is 1.70. The lowest BCUT2D eigenvalue weighted by molar-refractivity contribution is 0.174. The molecule has 2 rings (SSSR count). The molecule has 0 amide bonds. The lowest BCUT2D eigenvalue weighted by Crippen LogP contribution is -2.23. The molecular weight excluding hydrogens is 266 g/mol. The van der Waals surface area contributed by atoms with Crippen molar-refractivity contribution in [2.45, 2.75) is 25.0 Å². The molecule has 0 heterocycles. The Morgan fingerprint density at radius 2 is 2.18 bits per heavy atom. The highest BCUT2D eigenvalue weighted by atomic mass is 35.5. The molecule has 3 nitrogen and oxygen atoms in total. The zero-order valence-corrected chi connectivity index (χ0v) is 10.7. The Kier molecular flexibility index (Phi) is 5.01. The molecule has 0 saturated heterocycles. The van der Waals surface area contributed by atoms with Gasteiger partial charge in [-0.2, -0.15) is 0 Å². The summed E-state index contributed by atoms with van der Waals surface area (Å²) in [5.41, 5.74) is 5.75. The molecule has 1 aliphatic rings. The molecule has 1 unspecified atom stereocenters. The van der Waals surface area contributed by atoms with E-state index in [0.29, 0.717) is 18.2 Å². The first-order valence-electron chi connectivity index (χ1n) is 5.24. The van der Waals surface area contributed by atoms with E-state index in [0.717, 1.165) is 12.8 Å². The van der Waals surface area contributed by atoms with E-state index in [2.05, 4.69) is 5.32 Å². The maximum absolute atomic E-state index is 13.3. The van der Waals surface area contributed by atoms with Crippen LogP contribution in [0.15, 0.2) is 12.1 Å². The normalized spacial score (nSPS) is 16.4. The van der Waals surface area contributed by atoms with Gasteiger partial charge >= 0.3 is 0 Å². The smallest absolute Gasteiger partial charge is 0.147 e. The molecule has 1 atom stereocenters. The van der Waals surface area contributed by atoms with Crippen molar-refractivity contribution in [2.75, 3.05) is 12.3 Å². The second-order valence-corrected chi connectivity index (χ2v) is 4.50. The zero-order valence-electron chi connectivity index (χ0n) is 9.12. The highest BCUT2D eigenvalue weighted by Gasteiger charge is 2.22. The fourth-order valence-electron chi connectivity index (χ4n) is 1.48. The van der Waals surface area contributed by atoms with Gasteiger partial charge < -0.3 is 16.2 Å². The Labute approximate surface area is 111 Å². The molecule has 96 valence electrons. The Balaban J connectivity index is 0.00000144. The molecule has 6 heteroatoms. The van der Waals surface area contributed by atoms with Gasteiger partial charge in [-0.05, 0) is 30.5 Å². The van der Waals surface area contributed by atoms with Gasteiger partial charge in [-0.15, -0.1) is 12.4 Å². The number of hydrogen-bond acceptors (Lipinski definition) is 3. The minimum atomic E-state index is -0.756. The number of aliphatic hydroxyl groups excluding tert-OH is 1. The summed E-state index contributed by atoms with van der Waals surface area (Å²) in [5, 5.41) is 13.1. The molecule has 1 saturated carbocycles. The van der Waals surface area contributed by atoms with Crippen LogP contribution in [0.25, 0.3) is 0 Å². The van der Waals surface area contributed by atoms with Crippen molar-refractivity contribution in [1.82, 2.24) is 5.32 Å². The van der Waals surface area contributed by atoms with Crippen LogP contribution in [0.2, 0.25) is 5.02 Å². The summed E-state index contributed by atoms with van der Waals surface area (Å²) in [6, 6.07) is 3.23. The van der Waals surface area contributed by atoms with Crippen LogP contribution in [0.5, 0.6) is 0 Å². The monoisotopic (exact) mass is 280 g/mol. The van der Waals surface area contributed by atoms with E-state index in [1.165, 1.54) is 12.1 Å². The SMILES string of the molecule is Cl.Nc1c(F)cc(C(O)CNC2CC2)cc1Cl. The van der Waals surface area contributed by atoms with Gasteiger partial charge in [-0.3, -0.25) is 0 Å². The van der Waals surface area contributed by atoms with E-state index in [9.17, 15) is 9.50 Å². The van der Waals surface area contributed by atoms with Crippen LogP contribution in [0.1, 0.15) is 24.5 Å². The van der Waals surface area contributed by atoms with Gasteiger partial charge in [0.1, 0.15) is 5.82 Å². The van der Waals surface area contributed by atoms with E-state index in [1.54, 1.807) is 0 Å². The Hall–Kier alpha value is -0.550. The molecule has 1 aliphatic carbocycles. The largest absolute Gasteiger partial charge is 0.395 e. The average Bonchev–Trinajstić information content (AvgIpc) is 3.05. The van der Waals surface area contributed by atoms with Gasteiger partial charge in [0.2, 0.25) is 0 Å². The number of hydrogen-bond donors (Lipinski definition) is 3. The summed E-state index contributed by atoms with van der Waals surface area (Å²) in [6.07, 6.45) is 1.53. The molecule has 0 radical (unpaired) electrons. The first kappa shape index (κ1) is 14.5. The van der Waals surface area contributed by atoms with Crippen LogP contribution in [0, 0.1) is 5.82 Å². The summed E-state index contributed by atoms with van der Waals surface area (Å²) < 4.78 is 13.3. The van der Waals surface area contributed by atoms with Crippen molar-refractivity contribution in [3.63, 3.8) is 0 Å². The predicted molar refractivity (Wildman–Crippen MR) is 69.1 cm³/mol. The van der Waals surface area contributed by atoms with Crippen LogP contribution < -0.4 is 11.1 Å². The number of aliphatic hydroxyl groups is 1.